The van der Waals surface area contributed by atoms with Crippen molar-refractivity contribution < 1.29 is 14.2 Å². The van der Waals surface area contributed by atoms with Crippen molar-refractivity contribution in [3.8, 4) is 0 Å². The van der Waals surface area contributed by atoms with Crippen LogP contribution in [0.25, 0.3) is 0 Å². The maximum absolute atomic E-state index is 6.10. The van der Waals surface area contributed by atoms with E-state index in [0.717, 1.165) is 0 Å². The average Bonchev–Trinajstić information content (AvgIpc) is 2.08. The number of hydrogen-bond acceptors (Lipinski definition) is 3. The zero-order chi connectivity index (χ0) is 11.9. The molecule has 4 aliphatic rings. The number of ether oxygens (including phenoxy) is 3. The summed E-state index contributed by atoms with van der Waals surface area (Å²) < 4.78 is 18.3. The zero-order valence-corrected chi connectivity index (χ0v) is 11.1. The Morgan fingerprint density at radius 3 is 0.889 bits per heavy atom. The van der Waals surface area contributed by atoms with Gasteiger partial charge in [0.2, 0.25) is 0 Å². The van der Waals surface area contributed by atoms with Crippen LogP contribution in [0.5, 0.6) is 0 Å². The molecule has 0 aromatic heterocycles. The quantitative estimate of drug-likeness (QED) is 0.770. The van der Waals surface area contributed by atoms with E-state index in [4.69, 9.17) is 14.2 Å². The molecule has 3 saturated carbocycles. The summed E-state index contributed by atoms with van der Waals surface area (Å²) in [6.07, 6.45) is 11.8. The van der Waals surface area contributed by atoms with Crippen molar-refractivity contribution in [2.24, 2.45) is 17.8 Å². The molecular formula is C15H24O3. The second-order valence-corrected chi connectivity index (χ2v) is 6.59. The Bertz CT molecular complexity index is 241. The largest absolute Gasteiger partial charge is 0.323 e. The smallest absolute Gasteiger partial charge is 0.166 e. The minimum Gasteiger partial charge on any atom is -0.323 e. The van der Waals surface area contributed by atoms with Crippen molar-refractivity contribution in [1.29, 1.82) is 0 Å². The molecule has 102 valence electrons. The summed E-state index contributed by atoms with van der Waals surface area (Å²) in [5.74, 6) is 1.91. The van der Waals surface area contributed by atoms with Crippen LogP contribution in [0.1, 0.15) is 57.8 Å². The van der Waals surface area contributed by atoms with Gasteiger partial charge in [-0.25, -0.2) is 0 Å². The monoisotopic (exact) mass is 252 g/mol. The van der Waals surface area contributed by atoms with Gasteiger partial charge in [0.25, 0.3) is 0 Å². The predicted octanol–water partition coefficient (Wildman–Crippen LogP) is 3.43. The summed E-state index contributed by atoms with van der Waals surface area (Å²) in [6, 6.07) is 0. The fourth-order valence-electron chi connectivity index (χ4n) is 3.30. The molecule has 0 amide bonds. The molecule has 0 unspecified atom stereocenters. The average molecular weight is 252 g/mol. The number of rotatable bonds is 3. The third kappa shape index (κ3) is 2.00. The lowest BCUT2D eigenvalue weighted by atomic mass is 9.81. The summed E-state index contributed by atoms with van der Waals surface area (Å²) in [7, 11) is 0. The molecular weight excluding hydrogens is 228 g/mol. The lowest BCUT2D eigenvalue weighted by Crippen LogP contribution is -2.52. The van der Waals surface area contributed by atoms with E-state index in [0.29, 0.717) is 17.8 Å². The van der Waals surface area contributed by atoms with Crippen molar-refractivity contribution in [2.45, 2.75) is 76.7 Å². The Morgan fingerprint density at radius 1 is 0.444 bits per heavy atom. The standard InChI is InChI=1S/C15H24O3/c1-4-10(5-1)13-16-14(11-6-2-7-11)18-15(17-13)12-8-3-9-12/h10-15H,1-9H2. The van der Waals surface area contributed by atoms with E-state index in [9.17, 15) is 0 Å². The van der Waals surface area contributed by atoms with Gasteiger partial charge in [0, 0.05) is 17.8 Å². The first-order valence-electron chi connectivity index (χ1n) is 7.86. The van der Waals surface area contributed by atoms with Crippen LogP contribution in [0.15, 0.2) is 0 Å². The van der Waals surface area contributed by atoms with Crippen LogP contribution in [0.4, 0.5) is 0 Å². The first-order valence-corrected chi connectivity index (χ1v) is 7.86. The molecule has 0 atom stereocenters. The van der Waals surface area contributed by atoms with Crippen molar-refractivity contribution in [3.05, 3.63) is 0 Å². The van der Waals surface area contributed by atoms with E-state index in [1.165, 1.54) is 57.8 Å². The third-order valence-corrected chi connectivity index (χ3v) is 5.41. The maximum atomic E-state index is 6.10. The summed E-state index contributed by atoms with van der Waals surface area (Å²) in [5, 5.41) is 0. The summed E-state index contributed by atoms with van der Waals surface area (Å²) in [6.45, 7) is 0. The van der Waals surface area contributed by atoms with Gasteiger partial charge in [-0.15, -0.1) is 0 Å². The summed E-state index contributed by atoms with van der Waals surface area (Å²) >= 11 is 0. The van der Waals surface area contributed by atoms with Crippen LogP contribution >= 0.6 is 0 Å². The van der Waals surface area contributed by atoms with E-state index in [-0.39, 0.29) is 18.9 Å². The minimum absolute atomic E-state index is 0.0312. The van der Waals surface area contributed by atoms with Crippen LogP contribution < -0.4 is 0 Å². The normalized spacial score (nSPS) is 43.0. The summed E-state index contributed by atoms with van der Waals surface area (Å²) in [4.78, 5) is 0. The molecule has 0 bridgehead atoms. The van der Waals surface area contributed by atoms with Crippen LogP contribution in [0.2, 0.25) is 0 Å². The van der Waals surface area contributed by atoms with Gasteiger partial charge in [-0.2, -0.15) is 0 Å². The van der Waals surface area contributed by atoms with Gasteiger partial charge in [0.05, 0.1) is 0 Å². The van der Waals surface area contributed by atoms with Crippen LogP contribution in [-0.4, -0.2) is 18.9 Å². The van der Waals surface area contributed by atoms with E-state index in [1.807, 2.05) is 0 Å². The van der Waals surface area contributed by atoms with Crippen molar-refractivity contribution in [3.63, 3.8) is 0 Å². The molecule has 0 radical (unpaired) electrons. The van der Waals surface area contributed by atoms with Crippen molar-refractivity contribution in [2.75, 3.05) is 0 Å². The molecule has 3 nitrogen and oxygen atoms in total. The third-order valence-electron chi connectivity index (χ3n) is 5.41. The lowest BCUT2D eigenvalue weighted by molar-refractivity contribution is -0.424. The molecule has 0 spiro atoms. The Kier molecular flexibility index (Phi) is 3.10. The molecule has 1 aliphatic heterocycles. The molecule has 1 heterocycles. The molecule has 3 aliphatic carbocycles. The molecule has 18 heavy (non-hydrogen) atoms. The zero-order valence-electron chi connectivity index (χ0n) is 11.1. The maximum Gasteiger partial charge on any atom is 0.166 e. The second kappa shape index (κ2) is 4.77. The van der Waals surface area contributed by atoms with Crippen molar-refractivity contribution in [1.82, 2.24) is 0 Å². The molecule has 0 aromatic rings. The highest BCUT2D eigenvalue weighted by Crippen LogP contribution is 2.43. The fourth-order valence-corrected chi connectivity index (χ4v) is 3.30. The topological polar surface area (TPSA) is 27.7 Å². The van der Waals surface area contributed by atoms with E-state index in [2.05, 4.69) is 0 Å². The molecule has 0 aromatic carbocycles. The second-order valence-electron chi connectivity index (χ2n) is 6.59. The van der Waals surface area contributed by atoms with Gasteiger partial charge in [0.15, 0.2) is 18.9 Å². The molecule has 4 rings (SSSR count). The first-order chi connectivity index (χ1) is 8.90. The Balaban J connectivity index is 1.43. The Hall–Kier alpha value is -0.120. The van der Waals surface area contributed by atoms with Gasteiger partial charge in [-0.05, 0) is 38.5 Å². The highest BCUT2D eigenvalue weighted by atomic mass is 16.9. The number of hydrogen-bond donors (Lipinski definition) is 0. The molecule has 1 saturated heterocycles. The van der Waals surface area contributed by atoms with Gasteiger partial charge >= 0.3 is 0 Å². The molecule has 3 heteroatoms. The van der Waals surface area contributed by atoms with Crippen LogP contribution in [-0.2, 0) is 14.2 Å². The first kappa shape index (κ1) is 11.7. The van der Waals surface area contributed by atoms with Crippen LogP contribution in [0, 0.1) is 17.8 Å². The summed E-state index contributed by atoms with van der Waals surface area (Å²) in [5.41, 5.74) is 0. The highest BCUT2D eigenvalue weighted by Gasteiger charge is 2.45. The minimum atomic E-state index is 0.0312. The van der Waals surface area contributed by atoms with E-state index >= 15 is 0 Å². The van der Waals surface area contributed by atoms with E-state index < -0.39 is 0 Å². The van der Waals surface area contributed by atoms with Gasteiger partial charge in [-0.3, -0.25) is 0 Å². The van der Waals surface area contributed by atoms with Crippen molar-refractivity contribution >= 4 is 0 Å². The molecule has 4 fully saturated rings. The lowest BCUT2D eigenvalue weighted by Gasteiger charge is -2.48. The molecule has 0 N–H and O–H groups in total. The van der Waals surface area contributed by atoms with Gasteiger partial charge in [-0.1, -0.05) is 19.3 Å². The van der Waals surface area contributed by atoms with Gasteiger partial charge < -0.3 is 14.2 Å². The highest BCUT2D eigenvalue weighted by molar-refractivity contribution is 4.83. The SMILES string of the molecule is C1CC(C2OC(C3CCC3)OC(C3CCC3)O2)C1. The van der Waals surface area contributed by atoms with Gasteiger partial charge in [0.1, 0.15) is 0 Å². The van der Waals surface area contributed by atoms with E-state index in [1.54, 1.807) is 0 Å². The fraction of sp³-hybridized carbons (Fsp3) is 1.00. The van der Waals surface area contributed by atoms with Crippen LogP contribution in [0.3, 0.4) is 0 Å². The Morgan fingerprint density at radius 2 is 0.722 bits per heavy atom. The predicted molar refractivity (Wildman–Crippen MR) is 66.6 cm³/mol. The Labute approximate surface area is 109 Å².